The zero-order valence-electron chi connectivity index (χ0n) is 12.1. The summed E-state index contributed by atoms with van der Waals surface area (Å²) < 4.78 is 25.6. The van der Waals surface area contributed by atoms with Crippen LogP contribution in [0.1, 0.15) is 22.8 Å². The second-order valence-corrected chi connectivity index (χ2v) is 6.62. The van der Waals surface area contributed by atoms with Gasteiger partial charge in [0.15, 0.2) is 5.78 Å². The summed E-state index contributed by atoms with van der Waals surface area (Å²) in [4.78, 5) is 11.7. The van der Waals surface area contributed by atoms with E-state index < -0.39 is 16.4 Å². The first kappa shape index (κ1) is 16.7. The smallest absolute Gasteiger partial charge is 0.151 e. The number of benzene rings is 2. The lowest BCUT2D eigenvalue weighted by Crippen LogP contribution is -2.23. The Bertz CT molecular complexity index is 604. The maximum atomic E-state index is 12.9. The molecule has 2 rings (SSSR count). The van der Waals surface area contributed by atoms with Crippen LogP contribution in [0.5, 0.6) is 0 Å². The topological polar surface area (TPSA) is 66.2 Å². The first-order valence-electron chi connectivity index (χ1n) is 6.98. The number of Topliss-reactive ketones (excluding diaryl/α,β-unsaturated/α-hetero) is 1. The van der Waals surface area contributed by atoms with Crippen molar-refractivity contribution in [3.8, 4) is 0 Å². The van der Waals surface area contributed by atoms with E-state index in [0.717, 1.165) is 11.1 Å². The summed E-state index contributed by atoms with van der Waals surface area (Å²) in [6.07, 6.45) is 0.147. The molecule has 2 N–H and O–H groups in total. The fourth-order valence-corrected chi connectivity index (χ4v) is 3.72. The van der Waals surface area contributed by atoms with Gasteiger partial charge in [0.2, 0.25) is 0 Å². The number of ketones is 1. The van der Waals surface area contributed by atoms with Gasteiger partial charge in [0.25, 0.3) is 0 Å². The van der Waals surface area contributed by atoms with E-state index in [1.165, 1.54) is 12.1 Å². The van der Waals surface area contributed by atoms with Gasteiger partial charge in [0, 0.05) is 11.1 Å². The summed E-state index contributed by atoms with van der Waals surface area (Å²) in [7, 11) is 0. The van der Waals surface area contributed by atoms with Gasteiger partial charge < -0.3 is 10.3 Å². The van der Waals surface area contributed by atoms with Gasteiger partial charge in [-0.05, 0) is 23.3 Å². The van der Waals surface area contributed by atoms with Crippen molar-refractivity contribution in [2.24, 2.45) is 5.73 Å². The Morgan fingerprint density at radius 1 is 1.14 bits per heavy atom. The summed E-state index contributed by atoms with van der Waals surface area (Å²) in [6, 6.07) is 15.2. The molecule has 0 aliphatic rings. The monoisotopic (exact) mass is 319 g/mol. The van der Waals surface area contributed by atoms with E-state index in [2.05, 4.69) is 0 Å². The van der Waals surface area contributed by atoms with Gasteiger partial charge in [-0.15, -0.1) is 0 Å². The molecule has 0 aliphatic heterocycles. The molecule has 0 spiro atoms. The zero-order valence-corrected chi connectivity index (χ0v) is 12.9. The highest BCUT2D eigenvalue weighted by molar-refractivity contribution is 7.90. The molecule has 3 nitrogen and oxygen atoms in total. The number of hydrogen-bond acceptors (Lipinski definition) is 3. The Morgan fingerprint density at radius 3 is 2.36 bits per heavy atom. The second-order valence-electron chi connectivity index (χ2n) is 5.00. The highest BCUT2D eigenvalue weighted by Crippen LogP contribution is 2.29. The van der Waals surface area contributed by atoms with Crippen molar-refractivity contribution in [1.82, 2.24) is 0 Å². The molecule has 0 fully saturated rings. The van der Waals surface area contributed by atoms with Crippen LogP contribution in [0.3, 0.4) is 0 Å². The Hall–Kier alpha value is -1.69. The number of halogens is 1. The minimum atomic E-state index is -1.29. The molecule has 0 heterocycles. The maximum Gasteiger partial charge on any atom is 0.151 e. The molecule has 2 aromatic rings. The van der Waals surface area contributed by atoms with Gasteiger partial charge >= 0.3 is 0 Å². The third-order valence-corrected chi connectivity index (χ3v) is 5.04. The van der Waals surface area contributed by atoms with Crippen LogP contribution in [0, 0.1) is 5.82 Å². The average Bonchev–Trinajstić information content (AvgIpc) is 2.55. The first-order chi connectivity index (χ1) is 10.6. The Morgan fingerprint density at radius 2 is 1.77 bits per heavy atom. The van der Waals surface area contributed by atoms with E-state index in [0.29, 0.717) is 0 Å². The van der Waals surface area contributed by atoms with Gasteiger partial charge in [0.05, 0.1) is 13.0 Å². The minimum Gasteiger partial charge on any atom is -0.616 e. The number of carbonyl (C=O) groups excluding carboxylic acids is 1. The maximum absolute atomic E-state index is 12.9. The van der Waals surface area contributed by atoms with E-state index in [4.69, 9.17) is 5.73 Å². The van der Waals surface area contributed by atoms with Crippen LogP contribution in [0.4, 0.5) is 4.39 Å². The largest absolute Gasteiger partial charge is 0.616 e. The third-order valence-electron chi connectivity index (χ3n) is 3.35. The van der Waals surface area contributed by atoms with Crippen molar-refractivity contribution in [3.63, 3.8) is 0 Å². The summed E-state index contributed by atoms with van der Waals surface area (Å²) in [6.45, 7) is -0.0585. The van der Waals surface area contributed by atoms with Gasteiger partial charge in [-0.3, -0.25) is 4.79 Å². The van der Waals surface area contributed by atoms with Gasteiger partial charge in [-0.2, -0.15) is 0 Å². The second kappa shape index (κ2) is 8.08. The summed E-state index contributed by atoms with van der Waals surface area (Å²) in [5.74, 6) is -0.175. The molecule has 0 amide bonds. The SMILES string of the molecule is NCC(=O)CC(c1ccccc1)[S+]([O-])Cc1ccc(F)cc1. The van der Waals surface area contributed by atoms with Crippen molar-refractivity contribution in [2.45, 2.75) is 17.4 Å². The first-order valence-corrected chi connectivity index (χ1v) is 8.36. The van der Waals surface area contributed by atoms with E-state index >= 15 is 0 Å². The molecule has 116 valence electrons. The molecule has 0 bridgehead atoms. The fourth-order valence-electron chi connectivity index (χ4n) is 2.17. The highest BCUT2D eigenvalue weighted by atomic mass is 32.2. The van der Waals surface area contributed by atoms with Crippen LogP contribution in [0.15, 0.2) is 54.6 Å². The molecule has 0 radical (unpaired) electrons. The Labute approximate surface area is 132 Å². The lowest BCUT2D eigenvalue weighted by molar-refractivity contribution is -0.117. The van der Waals surface area contributed by atoms with Gasteiger partial charge in [0.1, 0.15) is 16.8 Å². The lowest BCUT2D eigenvalue weighted by Gasteiger charge is -2.22. The number of nitrogens with two attached hydrogens (primary N) is 1. The summed E-state index contributed by atoms with van der Waals surface area (Å²) in [5, 5.41) is -0.401. The molecular formula is C17H18FNO2S. The molecular weight excluding hydrogens is 301 g/mol. The van der Waals surface area contributed by atoms with Gasteiger partial charge in [-0.1, -0.05) is 42.5 Å². The van der Waals surface area contributed by atoms with E-state index in [1.54, 1.807) is 12.1 Å². The predicted molar refractivity (Wildman–Crippen MR) is 86.1 cm³/mol. The molecule has 5 heteroatoms. The molecule has 2 aromatic carbocycles. The van der Waals surface area contributed by atoms with E-state index in [1.807, 2.05) is 30.3 Å². The predicted octanol–water partition coefficient (Wildman–Crippen LogP) is 2.73. The fraction of sp³-hybridized carbons (Fsp3) is 0.235. The molecule has 22 heavy (non-hydrogen) atoms. The lowest BCUT2D eigenvalue weighted by atomic mass is 10.1. The third kappa shape index (κ3) is 4.66. The molecule has 0 aromatic heterocycles. The quantitative estimate of drug-likeness (QED) is 0.798. The van der Waals surface area contributed by atoms with Crippen molar-refractivity contribution < 1.29 is 13.7 Å². The molecule has 2 atom stereocenters. The molecule has 0 saturated carbocycles. The van der Waals surface area contributed by atoms with Crippen molar-refractivity contribution in [1.29, 1.82) is 0 Å². The van der Waals surface area contributed by atoms with Crippen LogP contribution in [0.2, 0.25) is 0 Å². The van der Waals surface area contributed by atoms with Crippen LogP contribution in [0.25, 0.3) is 0 Å². The van der Waals surface area contributed by atoms with Crippen LogP contribution < -0.4 is 5.73 Å². The summed E-state index contributed by atoms with van der Waals surface area (Å²) >= 11 is -1.29. The number of carbonyl (C=O) groups is 1. The normalized spacial score (nSPS) is 13.6. The zero-order chi connectivity index (χ0) is 15.9. The van der Waals surface area contributed by atoms with Crippen molar-refractivity contribution in [3.05, 3.63) is 71.5 Å². The van der Waals surface area contributed by atoms with Crippen molar-refractivity contribution >= 4 is 17.0 Å². The van der Waals surface area contributed by atoms with Crippen LogP contribution in [-0.4, -0.2) is 16.9 Å². The standard InChI is InChI=1S/C17H18FNO2S/c18-15-8-6-13(7-9-15)12-22(21)17(10-16(20)11-19)14-4-2-1-3-5-14/h1-9,17H,10-12,19H2. The Kier molecular flexibility index (Phi) is 6.12. The minimum absolute atomic E-state index is 0.0585. The Balaban J connectivity index is 2.16. The van der Waals surface area contributed by atoms with E-state index in [9.17, 15) is 13.7 Å². The number of hydrogen-bond donors (Lipinski definition) is 1. The molecule has 0 saturated heterocycles. The van der Waals surface area contributed by atoms with E-state index in [-0.39, 0.29) is 30.3 Å². The van der Waals surface area contributed by atoms with Crippen LogP contribution >= 0.6 is 0 Å². The molecule has 2 unspecified atom stereocenters. The number of rotatable bonds is 7. The van der Waals surface area contributed by atoms with Gasteiger partial charge in [-0.25, -0.2) is 4.39 Å². The van der Waals surface area contributed by atoms with Crippen molar-refractivity contribution in [2.75, 3.05) is 6.54 Å². The summed E-state index contributed by atoms with van der Waals surface area (Å²) in [5.41, 5.74) is 7.01. The molecule has 0 aliphatic carbocycles. The average molecular weight is 319 g/mol. The van der Waals surface area contributed by atoms with Crippen LogP contribution in [-0.2, 0) is 21.7 Å². The highest BCUT2D eigenvalue weighted by Gasteiger charge is 2.27.